The van der Waals surface area contributed by atoms with Crippen LogP contribution < -0.4 is 11.1 Å². The van der Waals surface area contributed by atoms with Crippen molar-refractivity contribution < 1.29 is 4.43 Å². The molecule has 3 N–H and O–H groups in total. The molecular formula is C9H24N2OSi. The molecule has 0 spiro atoms. The zero-order chi connectivity index (χ0) is 10.6. The van der Waals surface area contributed by atoms with Crippen molar-refractivity contribution in [3.8, 4) is 0 Å². The molecule has 4 heteroatoms. The Labute approximate surface area is 83.2 Å². The van der Waals surface area contributed by atoms with Crippen molar-refractivity contribution in [2.75, 3.05) is 7.11 Å². The van der Waals surface area contributed by atoms with Gasteiger partial charge in [0.05, 0.1) is 6.17 Å². The Balaban J connectivity index is 4.41. The average Bonchev–Trinajstić information content (AvgIpc) is 1.99. The number of rotatable bonds is 5. The number of hydrogen-bond donors (Lipinski definition) is 2. The zero-order valence-corrected chi connectivity index (χ0v) is 10.7. The van der Waals surface area contributed by atoms with Crippen LogP contribution in [0.1, 0.15) is 20.8 Å². The third-order valence-corrected chi connectivity index (χ3v) is 5.77. The molecule has 0 fully saturated rings. The summed E-state index contributed by atoms with van der Waals surface area (Å²) in [4.78, 5) is 0. The van der Waals surface area contributed by atoms with Crippen LogP contribution in [0.15, 0.2) is 0 Å². The van der Waals surface area contributed by atoms with E-state index in [4.69, 9.17) is 10.2 Å². The lowest BCUT2D eigenvalue weighted by Gasteiger charge is -2.35. The number of nitrogens with one attached hydrogen (secondary N) is 1. The fourth-order valence-electron chi connectivity index (χ4n) is 1.61. The zero-order valence-electron chi connectivity index (χ0n) is 9.72. The van der Waals surface area contributed by atoms with E-state index in [0.29, 0.717) is 11.6 Å². The summed E-state index contributed by atoms with van der Waals surface area (Å²) in [5.74, 6) is 0.563. The predicted octanol–water partition coefficient (Wildman–Crippen LogP) is 1.30. The summed E-state index contributed by atoms with van der Waals surface area (Å²) in [5, 5.41) is 3.38. The summed E-state index contributed by atoms with van der Waals surface area (Å²) in [6.45, 7) is 10.8. The SMILES string of the molecule is CO[Si](C)(C)C(NC(C)N)C(C)C. The van der Waals surface area contributed by atoms with E-state index in [1.165, 1.54) is 0 Å². The topological polar surface area (TPSA) is 47.3 Å². The first-order valence-electron chi connectivity index (χ1n) is 4.88. The van der Waals surface area contributed by atoms with E-state index in [0.717, 1.165) is 0 Å². The van der Waals surface area contributed by atoms with Gasteiger partial charge in [0.25, 0.3) is 0 Å². The molecule has 0 saturated heterocycles. The van der Waals surface area contributed by atoms with E-state index in [1.54, 1.807) is 7.11 Å². The molecule has 2 atom stereocenters. The molecule has 0 aromatic carbocycles. The van der Waals surface area contributed by atoms with Gasteiger partial charge in [0.15, 0.2) is 0 Å². The van der Waals surface area contributed by atoms with Crippen molar-refractivity contribution in [1.82, 2.24) is 5.32 Å². The molecular weight excluding hydrogens is 180 g/mol. The summed E-state index contributed by atoms with van der Waals surface area (Å²) in [5.41, 5.74) is 6.15. The van der Waals surface area contributed by atoms with Crippen molar-refractivity contribution in [2.24, 2.45) is 11.7 Å². The van der Waals surface area contributed by atoms with Gasteiger partial charge in [0.2, 0.25) is 8.32 Å². The van der Waals surface area contributed by atoms with Gasteiger partial charge in [-0.1, -0.05) is 13.8 Å². The minimum Gasteiger partial charge on any atom is -0.419 e. The molecule has 0 saturated carbocycles. The van der Waals surface area contributed by atoms with Gasteiger partial charge in [-0.2, -0.15) is 0 Å². The normalized spacial score (nSPS) is 17.5. The molecule has 2 unspecified atom stereocenters. The molecule has 0 aliphatic carbocycles. The summed E-state index contributed by atoms with van der Waals surface area (Å²) in [6, 6.07) is 0. The van der Waals surface area contributed by atoms with Gasteiger partial charge in [-0.25, -0.2) is 0 Å². The van der Waals surface area contributed by atoms with Crippen molar-refractivity contribution in [1.29, 1.82) is 0 Å². The average molecular weight is 204 g/mol. The molecule has 13 heavy (non-hydrogen) atoms. The van der Waals surface area contributed by atoms with E-state index >= 15 is 0 Å². The first kappa shape index (κ1) is 13.1. The van der Waals surface area contributed by atoms with E-state index in [2.05, 4.69) is 32.3 Å². The van der Waals surface area contributed by atoms with Crippen LogP contribution in [0.2, 0.25) is 13.1 Å². The third kappa shape index (κ3) is 4.22. The van der Waals surface area contributed by atoms with Crippen molar-refractivity contribution in [3.05, 3.63) is 0 Å². The van der Waals surface area contributed by atoms with E-state index in [1.807, 2.05) is 6.92 Å². The Hall–Kier alpha value is 0.0969. The van der Waals surface area contributed by atoms with Gasteiger partial charge in [-0.05, 0) is 25.9 Å². The highest BCUT2D eigenvalue weighted by Crippen LogP contribution is 2.16. The lowest BCUT2D eigenvalue weighted by Crippen LogP contribution is -2.59. The van der Waals surface area contributed by atoms with Crippen molar-refractivity contribution >= 4 is 8.32 Å². The summed E-state index contributed by atoms with van der Waals surface area (Å²) < 4.78 is 5.58. The molecule has 0 aromatic rings. The van der Waals surface area contributed by atoms with Crippen LogP contribution in [0.3, 0.4) is 0 Å². The molecule has 0 aromatic heterocycles. The van der Waals surface area contributed by atoms with Gasteiger partial charge >= 0.3 is 0 Å². The fraction of sp³-hybridized carbons (Fsp3) is 1.00. The molecule has 0 aliphatic heterocycles. The predicted molar refractivity (Wildman–Crippen MR) is 59.9 cm³/mol. The quantitative estimate of drug-likeness (QED) is 0.524. The molecule has 0 amide bonds. The van der Waals surface area contributed by atoms with Crippen LogP contribution in [0.25, 0.3) is 0 Å². The Morgan fingerprint density at radius 2 is 1.69 bits per heavy atom. The summed E-state index contributed by atoms with van der Waals surface area (Å²) in [6.07, 6.45) is 0.0364. The van der Waals surface area contributed by atoms with Crippen LogP contribution in [0.5, 0.6) is 0 Å². The van der Waals surface area contributed by atoms with Crippen LogP contribution in [-0.4, -0.2) is 27.3 Å². The monoisotopic (exact) mass is 204 g/mol. The maximum atomic E-state index is 5.74. The standard InChI is InChI=1S/C9H24N2OSi/c1-7(2)9(11-8(3)10)13(5,6)12-4/h7-9,11H,10H2,1-6H3. The van der Waals surface area contributed by atoms with Crippen molar-refractivity contribution in [3.63, 3.8) is 0 Å². The first-order chi connectivity index (χ1) is 5.81. The van der Waals surface area contributed by atoms with Crippen LogP contribution in [-0.2, 0) is 4.43 Å². The van der Waals surface area contributed by atoms with Crippen LogP contribution in [0, 0.1) is 5.92 Å². The molecule has 0 radical (unpaired) electrons. The largest absolute Gasteiger partial charge is 0.419 e. The fourth-order valence-corrected chi connectivity index (χ4v) is 4.13. The summed E-state index contributed by atoms with van der Waals surface area (Å²) >= 11 is 0. The lowest BCUT2D eigenvalue weighted by atomic mass is 10.2. The minimum absolute atomic E-state index is 0.0364. The van der Waals surface area contributed by atoms with Gasteiger partial charge in [-0.3, -0.25) is 5.32 Å². The second kappa shape index (κ2) is 5.10. The van der Waals surface area contributed by atoms with Gasteiger partial charge < -0.3 is 10.2 Å². The second-order valence-corrected chi connectivity index (χ2v) is 8.72. The molecule has 3 nitrogen and oxygen atoms in total. The van der Waals surface area contributed by atoms with Gasteiger partial charge in [0, 0.05) is 12.8 Å². The van der Waals surface area contributed by atoms with Gasteiger partial charge in [-0.15, -0.1) is 0 Å². The smallest absolute Gasteiger partial charge is 0.203 e. The molecule has 0 heterocycles. The Morgan fingerprint density at radius 3 is 1.92 bits per heavy atom. The molecule has 0 bridgehead atoms. The number of hydrogen-bond acceptors (Lipinski definition) is 3. The Kier molecular flexibility index (Phi) is 5.13. The maximum absolute atomic E-state index is 5.74. The van der Waals surface area contributed by atoms with Crippen LogP contribution in [0.4, 0.5) is 0 Å². The number of nitrogens with two attached hydrogens (primary N) is 1. The maximum Gasteiger partial charge on any atom is 0.203 e. The Morgan fingerprint density at radius 1 is 1.23 bits per heavy atom. The minimum atomic E-state index is -1.62. The highest BCUT2D eigenvalue weighted by atomic mass is 28.4. The van der Waals surface area contributed by atoms with Crippen LogP contribution >= 0.6 is 0 Å². The van der Waals surface area contributed by atoms with E-state index < -0.39 is 8.32 Å². The van der Waals surface area contributed by atoms with E-state index in [9.17, 15) is 0 Å². The van der Waals surface area contributed by atoms with Gasteiger partial charge in [0.1, 0.15) is 0 Å². The molecule has 0 rings (SSSR count). The lowest BCUT2D eigenvalue weighted by molar-refractivity contribution is 0.340. The molecule has 0 aliphatic rings. The Bertz CT molecular complexity index is 149. The van der Waals surface area contributed by atoms with Crippen molar-refractivity contribution in [2.45, 2.75) is 45.7 Å². The highest BCUT2D eigenvalue weighted by molar-refractivity contribution is 6.72. The second-order valence-electron chi connectivity index (χ2n) is 4.48. The summed E-state index contributed by atoms with van der Waals surface area (Å²) in [7, 11) is 0.172. The van der Waals surface area contributed by atoms with E-state index in [-0.39, 0.29) is 6.17 Å². The first-order valence-corrected chi connectivity index (χ1v) is 7.86. The third-order valence-electron chi connectivity index (χ3n) is 2.38. The highest BCUT2D eigenvalue weighted by Gasteiger charge is 2.35. The molecule has 80 valence electrons.